The van der Waals surface area contributed by atoms with Gasteiger partial charge in [0, 0.05) is 61.8 Å². The molecule has 7 nitrogen and oxygen atoms in total. The highest BCUT2D eigenvalue weighted by atomic mass is 16.5. The van der Waals surface area contributed by atoms with Gasteiger partial charge in [0.1, 0.15) is 0 Å². The van der Waals surface area contributed by atoms with E-state index in [-0.39, 0.29) is 29.8 Å². The third-order valence-corrected chi connectivity index (χ3v) is 5.32. The molecule has 2 aromatic heterocycles. The lowest BCUT2D eigenvalue weighted by Gasteiger charge is -2.20. The minimum absolute atomic E-state index is 0.0104. The second-order valence-corrected chi connectivity index (χ2v) is 7.20. The van der Waals surface area contributed by atoms with Crippen LogP contribution in [0.3, 0.4) is 0 Å². The molecule has 0 spiro atoms. The molecule has 2 saturated heterocycles. The number of ether oxygens (including phenoxy) is 1. The molecule has 27 heavy (non-hydrogen) atoms. The summed E-state index contributed by atoms with van der Waals surface area (Å²) in [5.74, 6) is 0.320. The minimum atomic E-state index is -0.113. The lowest BCUT2D eigenvalue weighted by atomic mass is 9.93. The van der Waals surface area contributed by atoms with E-state index in [0.29, 0.717) is 37.4 Å². The van der Waals surface area contributed by atoms with Crippen molar-refractivity contribution < 1.29 is 14.3 Å². The molecular weight excluding hydrogens is 344 g/mol. The first kappa shape index (κ1) is 17.6. The predicted molar refractivity (Wildman–Crippen MR) is 98.2 cm³/mol. The monoisotopic (exact) mass is 366 g/mol. The first-order chi connectivity index (χ1) is 13.1. The molecule has 0 radical (unpaired) electrons. The quantitative estimate of drug-likeness (QED) is 0.882. The average molecular weight is 366 g/mol. The molecule has 2 aromatic rings. The summed E-state index contributed by atoms with van der Waals surface area (Å²) in [5.41, 5.74) is 2.17. The molecule has 2 fully saturated rings. The normalized spacial score (nSPS) is 23.9. The molecule has 0 unspecified atom stereocenters. The van der Waals surface area contributed by atoms with E-state index in [1.807, 2.05) is 17.9 Å². The number of nitrogens with one attached hydrogen (secondary N) is 1. The molecule has 2 aliphatic heterocycles. The van der Waals surface area contributed by atoms with E-state index >= 15 is 0 Å². The van der Waals surface area contributed by atoms with E-state index in [1.165, 1.54) is 0 Å². The Hall–Kier alpha value is -2.80. The van der Waals surface area contributed by atoms with Crippen LogP contribution in [0.2, 0.25) is 0 Å². The van der Waals surface area contributed by atoms with Crippen LogP contribution in [0.4, 0.5) is 0 Å². The second kappa shape index (κ2) is 7.44. The molecule has 2 aliphatic rings. The van der Waals surface area contributed by atoms with Crippen LogP contribution in [0.15, 0.2) is 43.0 Å². The summed E-state index contributed by atoms with van der Waals surface area (Å²) in [4.78, 5) is 34.8. The molecule has 0 aliphatic carbocycles. The molecule has 2 amide bonds. The van der Waals surface area contributed by atoms with Gasteiger partial charge >= 0.3 is 0 Å². The van der Waals surface area contributed by atoms with Gasteiger partial charge in [-0.1, -0.05) is 0 Å². The van der Waals surface area contributed by atoms with Gasteiger partial charge in [0.25, 0.3) is 11.8 Å². The van der Waals surface area contributed by atoms with E-state index in [4.69, 9.17) is 4.74 Å². The van der Waals surface area contributed by atoms with Crippen molar-refractivity contribution >= 4 is 11.8 Å². The number of nitrogens with zero attached hydrogens (tertiary/aromatic N) is 3. The lowest BCUT2D eigenvalue weighted by Crippen LogP contribution is -2.35. The van der Waals surface area contributed by atoms with Gasteiger partial charge in [-0.05, 0) is 30.7 Å². The average Bonchev–Trinajstić information content (AvgIpc) is 3.27. The number of pyridine rings is 2. The van der Waals surface area contributed by atoms with Crippen LogP contribution < -0.4 is 5.32 Å². The highest BCUT2D eigenvalue weighted by molar-refractivity contribution is 5.94. The smallest absolute Gasteiger partial charge is 0.255 e. The fourth-order valence-corrected chi connectivity index (χ4v) is 3.86. The number of hydrogen-bond donors (Lipinski definition) is 1. The van der Waals surface area contributed by atoms with Crippen molar-refractivity contribution in [3.05, 3.63) is 59.7 Å². The first-order valence-corrected chi connectivity index (χ1v) is 9.12. The van der Waals surface area contributed by atoms with Gasteiger partial charge in [0.2, 0.25) is 0 Å². The Morgan fingerprint density at radius 2 is 2.00 bits per heavy atom. The van der Waals surface area contributed by atoms with Gasteiger partial charge in [-0.2, -0.15) is 0 Å². The summed E-state index contributed by atoms with van der Waals surface area (Å²) < 4.78 is 5.90. The summed E-state index contributed by atoms with van der Waals surface area (Å²) in [6.07, 6.45) is 6.58. The number of amides is 2. The van der Waals surface area contributed by atoms with E-state index in [0.717, 1.165) is 5.56 Å². The standard InChI is InChI=1S/C20H22N4O3/c1-13-6-15(8-22-7-13)20(26)24-10-17-16(12-27-18(17)11-24)9-23-19(25)14-2-4-21-5-3-14/h2-8,16-18H,9-12H2,1H3,(H,23,25)/t16-,17-,18-/m1/s1. The molecule has 3 atom stereocenters. The van der Waals surface area contributed by atoms with E-state index in [1.54, 1.807) is 36.9 Å². The maximum Gasteiger partial charge on any atom is 0.255 e. The number of hydrogen-bond acceptors (Lipinski definition) is 5. The summed E-state index contributed by atoms with van der Waals surface area (Å²) in [6.45, 7) is 4.31. The van der Waals surface area contributed by atoms with Crippen LogP contribution in [0.5, 0.6) is 0 Å². The fourth-order valence-electron chi connectivity index (χ4n) is 3.86. The zero-order valence-corrected chi connectivity index (χ0v) is 15.2. The Kier molecular flexibility index (Phi) is 4.85. The molecule has 4 heterocycles. The topological polar surface area (TPSA) is 84.4 Å². The molecular formula is C20H22N4O3. The van der Waals surface area contributed by atoms with Gasteiger partial charge < -0.3 is 15.0 Å². The van der Waals surface area contributed by atoms with Crippen LogP contribution in [-0.2, 0) is 4.74 Å². The Balaban J connectivity index is 1.36. The number of rotatable bonds is 4. The molecule has 7 heteroatoms. The van der Waals surface area contributed by atoms with Crippen molar-refractivity contribution in [1.82, 2.24) is 20.2 Å². The molecule has 0 bridgehead atoms. The summed E-state index contributed by atoms with van der Waals surface area (Å²) in [5, 5.41) is 2.98. The fraction of sp³-hybridized carbons (Fsp3) is 0.400. The van der Waals surface area contributed by atoms with Crippen molar-refractivity contribution in [2.24, 2.45) is 11.8 Å². The Morgan fingerprint density at radius 3 is 2.78 bits per heavy atom. The Morgan fingerprint density at radius 1 is 1.19 bits per heavy atom. The highest BCUT2D eigenvalue weighted by Crippen LogP contribution is 2.34. The number of likely N-dealkylation sites (tertiary alicyclic amines) is 1. The van der Waals surface area contributed by atoms with Crippen molar-refractivity contribution in [2.45, 2.75) is 13.0 Å². The molecule has 0 saturated carbocycles. The molecule has 1 N–H and O–H groups in total. The molecule has 4 rings (SSSR count). The van der Waals surface area contributed by atoms with Crippen molar-refractivity contribution in [1.29, 1.82) is 0 Å². The molecule has 0 aromatic carbocycles. The van der Waals surface area contributed by atoms with Crippen molar-refractivity contribution in [3.63, 3.8) is 0 Å². The van der Waals surface area contributed by atoms with Gasteiger partial charge in [-0.3, -0.25) is 19.6 Å². The minimum Gasteiger partial charge on any atom is -0.376 e. The number of aromatic nitrogens is 2. The number of carbonyl (C=O) groups is 2. The second-order valence-electron chi connectivity index (χ2n) is 7.20. The lowest BCUT2D eigenvalue weighted by molar-refractivity contribution is 0.0674. The van der Waals surface area contributed by atoms with E-state index < -0.39 is 0 Å². The van der Waals surface area contributed by atoms with E-state index in [9.17, 15) is 9.59 Å². The third kappa shape index (κ3) is 3.68. The maximum atomic E-state index is 12.7. The van der Waals surface area contributed by atoms with Gasteiger partial charge in [-0.25, -0.2) is 0 Å². The summed E-state index contributed by atoms with van der Waals surface area (Å²) in [7, 11) is 0. The van der Waals surface area contributed by atoms with Gasteiger partial charge in [0.15, 0.2) is 0 Å². The Bertz CT molecular complexity index is 842. The van der Waals surface area contributed by atoms with Crippen LogP contribution in [0, 0.1) is 18.8 Å². The van der Waals surface area contributed by atoms with Crippen molar-refractivity contribution in [2.75, 3.05) is 26.2 Å². The number of carbonyl (C=O) groups excluding carboxylic acids is 2. The van der Waals surface area contributed by atoms with Crippen LogP contribution in [0.25, 0.3) is 0 Å². The van der Waals surface area contributed by atoms with E-state index in [2.05, 4.69) is 15.3 Å². The zero-order valence-electron chi connectivity index (χ0n) is 15.2. The third-order valence-electron chi connectivity index (χ3n) is 5.32. The van der Waals surface area contributed by atoms with Crippen LogP contribution >= 0.6 is 0 Å². The Labute approximate surface area is 157 Å². The number of fused-ring (bicyclic) bond motifs is 1. The van der Waals surface area contributed by atoms with Crippen molar-refractivity contribution in [3.8, 4) is 0 Å². The van der Waals surface area contributed by atoms with Gasteiger partial charge in [-0.15, -0.1) is 0 Å². The first-order valence-electron chi connectivity index (χ1n) is 9.12. The SMILES string of the molecule is Cc1cncc(C(=O)N2C[C@@H]3[C@H](CNC(=O)c4ccncc4)CO[C@@H]3C2)c1. The predicted octanol–water partition coefficient (Wildman–Crippen LogP) is 1.30. The summed E-state index contributed by atoms with van der Waals surface area (Å²) in [6, 6.07) is 5.24. The summed E-state index contributed by atoms with van der Waals surface area (Å²) >= 11 is 0. The van der Waals surface area contributed by atoms with Gasteiger partial charge in [0.05, 0.1) is 18.3 Å². The molecule has 140 valence electrons. The highest BCUT2D eigenvalue weighted by Gasteiger charge is 2.45. The zero-order chi connectivity index (χ0) is 18.8. The van der Waals surface area contributed by atoms with Crippen LogP contribution in [0.1, 0.15) is 26.3 Å². The van der Waals surface area contributed by atoms with Crippen LogP contribution in [-0.4, -0.2) is 59.0 Å². The number of aryl methyl sites for hydroxylation is 1. The largest absolute Gasteiger partial charge is 0.376 e. The maximum absolute atomic E-state index is 12.7.